The third-order valence-electron chi connectivity index (χ3n) is 4.79. The van der Waals surface area contributed by atoms with Gasteiger partial charge < -0.3 is 15.3 Å². The van der Waals surface area contributed by atoms with Gasteiger partial charge in [0.15, 0.2) is 0 Å². The summed E-state index contributed by atoms with van der Waals surface area (Å²) < 4.78 is 0. The van der Waals surface area contributed by atoms with E-state index in [-0.39, 0.29) is 5.91 Å². The molecule has 2 N–H and O–H groups in total. The topological polar surface area (TPSA) is 55.8 Å². The standard InChI is InChI=1S/C21H27N3O2/c1-16-6-5-7-18(14-16)24-12-10-23(11-13-24)15-21(26)22-20-9-4-3-8-19(20)17(2)25/h3-9,14,17,25H,10-13,15H2,1-2H3,(H,22,26)/t17-/m0/s1. The van der Waals surface area contributed by atoms with Gasteiger partial charge in [0.2, 0.25) is 5.91 Å². The Labute approximate surface area is 155 Å². The van der Waals surface area contributed by atoms with E-state index in [1.165, 1.54) is 11.3 Å². The van der Waals surface area contributed by atoms with Gasteiger partial charge in [-0.3, -0.25) is 9.69 Å². The van der Waals surface area contributed by atoms with Gasteiger partial charge in [-0.1, -0.05) is 30.3 Å². The van der Waals surface area contributed by atoms with Gasteiger partial charge in [-0.25, -0.2) is 0 Å². The Morgan fingerprint density at radius 1 is 1.12 bits per heavy atom. The van der Waals surface area contributed by atoms with Crippen molar-refractivity contribution in [3.8, 4) is 0 Å². The van der Waals surface area contributed by atoms with Crippen LogP contribution in [0.1, 0.15) is 24.2 Å². The van der Waals surface area contributed by atoms with Crippen LogP contribution in [-0.4, -0.2) is 48.6 Å². The normalized spacial score (nSPS) is 16.3. The monoisotopic (exact) mass is 353 g/mol. The van der Waals surface area contributed by atoms with Gasteiger partial charge >= 0.3 is 0 Å². The number of aryl methyl sites for hydroxylation is 1. The van der Waals surface area contributed by atoms with Crippen LogP contribution >= 0.6 is 0 Å². The van der Waals surface area contributed by atoms with Crippen LogP contribution in [0.3, 0.4) is 0 Å². The van der Waals surface area contributed by atoms with Gasteiger partial charge in [-0.05, 0) is 37.6 Å². The number of piperazine rings is 1. The Bertz CT molecular complexity index is 752. The third-order valence-corrected chi connectivity index (χ3v) is 4.79. The zero-order valence-electron chi connectivity index (χ0n) is 15.5. The summed E-state index contributed by atoms with van der Waals surface area (Å²) in [4.78, 5) is 16.9. The second-order valence-electron chi connectivity index (χ2n) is 6.91. The first kappa shape index (κ1) is 18.4. The summed E-state index contributed by atoms with van der Waals surface area (Å²) in [6.45, 7) is 7.74. The molecule has 2 aromatic carbocycles. The molecule has 0 aliphatic carbocycles. The lowest BCUT2D eigenvalue weighted by molar-refractivity contribution is -0.117. The van der Waals surface area contributed by atoms with Crippen molar-refractivity contribution in [3.63, 3.8) is 0 Å². The predicted molar refractivity (Wildman–Crippen MR) is 106 cm³/mol. The molecule has 0 radical (unpaired) electrons. The molecule has 5 nitrogen and oxygen atoms in total. The van der Waals surface area contributed by atoms with Crippen molar-refractivity contribution >= 4 is 17.3 Å². The van der Waals surface area contributed by atoms with Crippen molar-refractivity contribution in [1.29, 1.82) is 0 Å². The summed E-state index contributed by atoms with van der Waals surface area (Å²) in [5.74, 6) is -0.0397. The second kappa shape index (κ2) is 8.34. The summed E-state index contributed by atoms with van der Waals surface area (Å²) in [5, 5.41) is 12.8. The van der Waals surface area contributed by atoms with Crippen LogP contribution < -0.4 is 10.2 Å². The van der Waals surface area contributed by atoms with E-state index in [4.69, 9.17) is 0 Å². The van der Waals surface area contributed by atoms with Crippen molar-refractivity contribution in [2.45, 2.75) is 20.0 Å². The van der Waals surface area contributed by atoms with E-state index in [1.54, 1.807) is 6.92 Å². The predicted octanol–water partition coefficient (Wildman–Crippen LogP) is 2.81. The average molecular weight is 353 g/mol. The smallest absolute Gasteiger partial charge is 0.238 e. The van der Waals surface area contributed by atoms with Gasteiger partial charge in [0.05, 0.1) is 12.6 Å². The number of nitrogens with zero attached hydrogens (tertiary/aromatic N) is 2. The molecule has 0 spiro atoms. The van der Waals surface area contributed by atoms with Crippen LogP contribution in [-0.2, 0) is 4.79 Å². The zero-order chi connectivity index (χ0) is 18.5. The number of amides is 1. The SMILES string of the molecule is Cc1cccc(N2CCN(CC(=O)Nc3ccccc3[C@H](C)O)CC2)c1. The van der Waals surface area contributed by atoms with Crippen LogP contribution in [0.5, 0.6) is 0 Å². The number of rotatable bonds is 5. The highest BCUT2D eigenvalue weighted by Gasteiger charge is 2.20. The van der Waals surface area contributed by atoms with Crippen molar-refractivity contribution in [1.82, 2.24) is 4.90 Å². The molecule has 1 heterocycles. The van der Waals surface area contributed by atoms with E-state index in [0.717, 1.165) is 31.7 Å². The molecule has 0 unspecified atom stereocenters. The molecule has 0 bridgehead atoms. The van der Waals surface area contributed by atoms with Crippen LogP contribution in [0.4, 0.5) is 11.4 Å². The van der Waals surface area contributed by atoms with E-state index in [2.05, 4.69) is 46.3 Å². The van der Waals surface area contributed by atoms with E-state index < -0.39 is 6.10 Å². The van der Waals surface area contributed by atoms with Gasteiger partial charge in [-0.2, -0.15) is 0 Å². The van der Waals surface area contributed by atoms with E-state index in [9.17, 15) is 9.90 Å². The van der Waals surface area contributed by atoms with E-state index >= 15 is 0 Å². The summed E-state index contributed by atoms with van der Waals surface area (Å²) in [7, 11) is 0. The van der Waals surface area contributed by atoms with Gasteiger partial charge in [-0.15, -0.1) is 0 Å². The lowest BCUT2D eigenvalue weighted by Crippen LogP contribution is -2.48. The number of hydrogen-bond acceptors (Lipinski definition) is 4. The number of para-hydroxylation sites is 1. The molecular weight excluding hydrogens is 326 g/mol. The number of aliphatic hydroxyl groups excluding tert-OH is 1. The number of anilines is 2. The molecule has 1 fully saturated rings. The molecular formula is C21H27N3O2. The van der Waals surface area contributed by atoms with Crippen molar-refractivity contribution in [2.24, 2.45) is 0 Å². The number of benzene rings is 2. The van der Waals surface area contributed by atoms with Gasteiger partial charge in [0.1, 0.15) is 0 Å². The lowest BCUT2D eigenvalue weighted by Gasteiger charge is -2.35. The quantitative estimate of drug-likeness (QED) is 0.868. The molecule has 3 rings (SSSR count). The van der Waals surface area contributed by atoms with Crippen molar-refractivity contribution in [3.05, 3.63) is 59.7 Å². The summed E-state index contributed by atoms with van der Waals surface area (Å²) in [5.41, 5.74) is 3.94. The number of aliphatic hydroxyl groups is 1. The van der Waals surface area contributed by atoms with E-state index in [1.807, 2.05) is 24.3 Å². The minimum atomic E-state index is -0.607. The highest BCUT2D eigenvalue weighted by atomic mass is 16.3. The highest BCUT2D eigenvalue weighted by molar-refractivity contribution is 5.93. The summed E-state index contributed by atoms with van der Waals surface area (Å²) in [6.07, 6.45) is -0.607. The fraction of sp³-hybridized carbons (Fsp3) is 0.381. The largest absolute Gasteiger partial charge is 0.389 e. The summed E-state index contributed by atoms with van der Waals surface area (Å²) in [6, 6.07) is 15.9. The molecule has 26 heavy (non-hydrogen) atoms. The Kier molecular flexibility index (Phi) is 5.91. The molecule has 1 aliphatic heterocycles. The highest BCUT2D eigenvalue weighted by Crippen LogP contribution is 2.22. The van der Waals surface area contributed by atoms with Crippen molar-refractivity contribution < 1.29 is 9.90 Å². The maximum atomic E-state index is 12.4. The van der Waals surface area contributed by atoms with Gasteiger partial charge in [0.25, 0.3) is 0 Å². The minimum absolute atomic E-state index is 0.0397. The molecule has 1 atom stereocenters. The van der Waals surface area contributed by atoms with Crippen LogP contribution in [0.15, 0.2) is 48.5 Å². The maximum Gasteiger partial charge on any atom is 0.238 e. The first-order valence-electron chi connectivity index (χ1n) is 9.14. The average Bonchev–Trinajstić information content (AvgIpc) is 2.62. The summed E-state index contributed by atoms with van der Waals surface area (Å²) >= 11 is 0. The van der Waals surface area contributed by atoms with E-state index in [0.29, 0.717) is 12.2 Å². The molecule has 5 heteroatoms. The number of carbonyl (C=O) groups excluding carboxylic acids is 1. The maximum absolute atomic E-state index is 12.4. The number of hydrogen-bond donors (Lipinski definition) is 2. The number of nitrogens with one attached hydrogen (secondary N) is 1. The minimum Gasteiger partial charge on any atom is -0.389 e. The molecule has 1 saturated heterocycles. The Morgan fingerprint density at radius 3 is 2.54 bits per heavy atom. The zero-order valence-corrected chi connectivity index (χ0v) is 15.5. The first-order chi connectivity index (χ1) is 12.5. The molecule has 0 saturated carbocycles. The Balaban J connectivity index is 1.52. The van der Waals surface area contributed by atoms with Crippen LogP contribution in [0, 0.1) is 6.92 Å². The fourth-order valence-electron chi connectivity index (χ4n) is 3.36. The number of carbonyl (C=O) groups is 1. The molecule has 1 amide bonds. The van der Waals surface area contributed by atoms with Crippen LogP contribution in [0.25, 0.3) is 0 Å². The molecule has 2 aromatic rings. The Hall–Kier alpha value is -2.37. The Morgan fingerprint density at radius 2 is 1.85 bits per heavy atom. The third kappa shape index (κ3) is 4.62. The lowest BCUT2D eigenvalue weighted by atomic mass is 10.1. The fourth-order valence-corrected chi connectivity index (χ4v) is 3.36. The van der Waals surface area contributed by atoms with Crippen LogP contribution in [0.2, 0.25) is 0 Å². The molecule has 138 valence electrons. The van der Waals surface area contributed by atoms with Crippen molar-refractivity contribution in [2.75, 3.05) is 42.9 Å². The molecule has 1 aliphatic rings. The second-order valence-corrected chi connectivity index (χ2v) is 6.91. The first-order valence-corrected chi connectivity index (χ1v) is 9.14. The molecule has 0 aromatic heterocycles. The van der Waals surface area contributed by atoms with Gasteiger partial charge in [0, 0.05) is 43.1 Å².